The van der Waals surface area contributed by atoms with Crippen LogP contribution in [0.4, 0.5) is 5.82 Å². The third-order valence-corrected chi connectivity index (χ3v) is 4.16. The highest BCUT2D eigenvalue weighted by molar-refractivity contribution is 7.98. The van der Waals surface area contributed by atoms with Gasteiger partial charge in [-0.25, -0.2) is 13.4 Å². The van der Waals surface area contributed by atoms with Gasteiger partial charge >= 0.3 is 0 Å². The van der Waals surface area contributed by atoms with Crippen molar-refractivity contribution in [3.63, 3.8) is 0 Å². The van der Waals surface area contributed by atoms with E-state index in [4.69, 9.17) is 0 Å². The molecule has 0 aliphatic heterocycles. The first-order valence-corrected chi connectivity index (χ1v) is 7.91. The van der Waals surface area contributed by atoms with Gasteiger partial charge in [0, 0.05) is 11.9 Å². The van der Waals surface area contributed by atoms with E-state index >= 15 is 0 Å². The van der Waals surface area contributed by atoms with E-state index in [1.165, 1.54) is 0 Å². The fraction of sp³-hybridized carbons (Fsp3) is 0.500. The van der Waals surface area contributed by atoms with Crippen molar-refractivity contribution in [1.29, 1.82) is 0 Å². The van der Waals surface area contributed by atoms with Gasteiger partial charge in [0.2, 0.25) is 10.0 Å². The molecule has 0 fully saturated rings. The van der Waals surface area contributed by atoms with E-state index in [2.05, 4.69) is 16.6 Å². The van der Waals surface area contributed by atoms with Crippen LogP contribution in [0.15, 0.2) is 18.3 Å². The molecule has 0 spiro atoms. The van der Waals surface area contributed by atoms with Crippen LogP contribution < -0.4 is 4.72 Å². The quantitative estimate of drug-likeness (QED) is 0.851. The molecule has 0 saturated carbocycles. The average molecular weight is 260 g/mol. The van der Waals surface area contributed by atoms with Gasteiger partial charge in [-0.15, -0.1) is 0 Å². The molecule has 0 atom stereocenters. The van der Waals surface area contributed by atoms with E-state index in [-0.39, 0.29) is 5.75 Å². The second-order valence-corrected chi connectivity index (χ2v) is 6.48. The predicted molar refractivity (Wildman–Crippen MR) is 69.2 cm³/mol. The van der Waals surface area contributed by atoms with Crippen molar-refractivity contribution < 1.29 is 8.42 Å². The lowest BCUT2D eigenvalue weighted by molar-refractivity contribution is 0.602. The van der Waals surface area contributed by atoms with Crippen LogP contribution in [0, 0.1) is 0 Å². The van der Waals surface area contributed by atoms with Gasteiger partial charge in [0.1, 0.15) is 5.82 Å². The smallest absolute Gasteiger partial charge is 0.233 e. The summed E-state index contributed by atoms with van der Waals surface area (Å²) in [7, 11) is -3.23. The minimum atomic E-state index is -3.23. The number of nitrogens with zero attached hydrogens (tertiary/aromatic N) is 1. The molecule has 0 unspecified atom stereocenters. The van der Waals surface area contributed by atoms with Gasteiger partial charge in [0.15, 0.2) is 0 Å². The Morgan fingerprint density at radius 1 is 1.44 bits per heavy atom. The van der Waals surface area contributed by atoms with E-state index in [0.717, 1.165) is 17.1 Å². The molecule has 0 saturated heterocycles. The van der Waals surface area contributed by atoms with Crippen molar-refractivity contribution >= 4 is 27.6 Å². The minimum absolute atomic E-state index is 0.0582. The van der Waals surface area contributed by atoms with Gasteiger partial charge in [-0.05, 0) is 30.4 Å². The van der Waals surface area contributed by atoms with Crippen molar-refractivity contribution in [2.45, 2.75) is 19.6 Å². The minimum Gasteiger partial charge on any atom is -0.267 e. The van der Waals surface area contributed by atoms with E-state index < -0.39 is 10.0 Å². The van der Waals surface area contributed by atoms with Crippen LogP contribution in [0.1, 0.15) is 19.4 Å². The van der Waals surface area contributed by atoms with Gasteiger partial charge in [-0.1, -0.05) is 6.92 Å². The number of sulfonamides is 1. The summed E-state index contributed by atoms with van der Waals surface area (Å²) >= 11 is 1.79. The summed E-state index contributed by atoms with van der Waals surface area (Å²) in [6, 6.07) is 3.67. The predicted octanol–water partition coefficient (Wildman–Crippen LogP) is 2.10. The van der Waals surface area contributed by atoms with Crippen molar-refractivity contribution in [3.05, 3.63) is 23.9 Å². The zero-order chi connectivity index (χ0) is 12.0. The summed E-state index contributed by atoms with van der Waals surface area (Å²) in [5.41, 5.74) is 1.08. The third kappa shape index (κ3) is 4.40. The Labute approximate surface area is 101 Å². The summed E-state index contributed by atoms with van der Waals surface area (Å²) < 4.78 is 25.1. The van der Waals surface area contributed by atoms with Gasteiger partial charge in [0.05, 0.1) is 5.75 Å². The fourth-order valence-electron chi connectivity index (χ4n) is 1.07. The van der Waals surface area contributed by atoms with E-state index in [9.17, 15) is 8.42 Å². The number of hydrogen-bond acceptors (Lipinski definition) is 4. The zero-order valence-electron chi connectivity index (χ0n) is 9.43. The van der Waals surface area contributed by atoms with Crippen LogP contribution in [0.5, 0.6) is 0 Å². The van der Waals surface area contributed by atoms with E-state index in [1.54, 1.807) is 30.9 Å². The van der Waals surface area contributed by atoms with Crippen LogP contribution in [-0.4, -0.2) is 24.9 Å². The number of rotatable bonds is 6. The van der Waals surface area contributed by atoms with Crippen LogP contribution in [-0.2, 0) is 15.8 Å². The fourth-order valence-corrected chi connectivity index (χ4v) is 2.27. The molecule has 1 N–H and O–H groups in total. The zero-order valence-corrected chi connectivity index (χ0v) is 11.1. The maximum Gasteiger partial charge on any atom is 0.233 e. The lowest BCUT2D eigenvalue weighted by Crippen LogP contribution is -2.15. The lowest BCUT2D eigenvalue weighted by atomic mass is 10.3. The van der Waals surface area contributed by atoms with Crippen molar-refractivity contribution in [1.82, 2.24) is 4.98 Å². The van der Waals surface area contributed by atoms with Crippen LogP contribution in [0.3, 0.4) is 0 Å². The molecular formula is C10H16N2O2S2. The highest BCUT2D eigenvalue weighted by Gasteiger charge is 2.07. The average Bonchev–Trinajstić information content (AvgIpc) is 2.26. The number of pyridine rings is 1. The molecule has 0 aromatic carbocycles. The Hall–Kier alpha value is -0.750. The van der Waals surface area contributed by atoms with Gasteiger partial charge in [0.25, 0.3) is 0 Å². The van der Waals surface area contributed by atoms with Crippen molar-refractivity contribution in [2.24, 2.45) is 0 Å². The second kappa shape index (κ2) is 6.10. The van der Waals surface area contributed by atoms with Crippen molar-refractivity contribution in [2.75, 3.05) is 16.2 Å². The normalized spacial score (nSPS) is 11.4. The highest BCUT2D eigenvalue weighted by Crippen LogP contribution is 2.14. The van der Waals surface area contributed by atoms with Gasteiger partial charge in [-0.3, -0.25) is 4.72 Å². The Kier molecular flexibility index (Phi) is 5.08. The summed E-state index contributed by atoms with van der Waals surface area (Å²) in [6.07, 6.45) is 1.62. The molecule has 90 valence electrons. The van der Waals surface area contributed by atoms with E-state index in [0.29, 0.717) is 5.82 Å². The number of hydrogen-bond donors (Lipinski definition) is 1. The topological polar surface area (TPSA) is 59.1 Å². The number of anilines is 1. The first kappa shape index (κ1) is 13.3. The van der Waals surface area contributed by atoms with E-state index in [1.807, 2.05) is 6.07 Å². The Bertz CT molecular complexity index is 432. The molecule has 0 bridgehead atoms. The van der Waals surface area contributed by atoms with Gasteiger partial charge in [-0.2, -0.15) is 11.8 Å². The molecule has 1 aromatic heterocycles. The molecule has 0 aliphatic rings. The molecule has 1 heterocycles. The highest BCUT2D eigenvalue weighted by atomic mass is 32.2. The molecule has 16 heavy (non-hydrogen) atoms. The van der Waals surface area contributed by atoms with Crippen molar-refractivity contribution in [3.8, 4) is 0 Å². The number of nitrogens with one attached hydrogen (secondary N) is 1. The molecule has 1 rings (SSSR count). The second-order valence-electron chi connectivity index (χ2n) is 3.19. The first-order chi connectivity index (χ1) is 7.57. The molecular weight excluding hydrogens is 244 g/mol. The molecule has 1 aromatic rings. The molecule has 6 heteroatoms. The maximum absolute atomic E-state index is 11.3. The lowest BCUT2D eigenvalue weighted by Gasteiger charge is -2.06. The number of thioether (sulfide) groups is 1. The summed E-state index contributed by atoms with van der Waals surface area (Å²) in [4.78, 5) is 3.98. The summed E-state index contributed by atoms with van der Waals surface area (Å²) in [5.74, 6) is 2.37. The summed E-state index contributed by atoms with van der Waals surface area (Å²) in [5, 5.41) is 0. The molecule has 0 aliphatic carbocycles. The Balaban J connectivity index is 2.75. The Morgan fingerprint density at radius 3 is 2.81 bits per heavy atom. The van der Waals surface area contributed by atoms with Crippen LogP contribution >= 0.6 is 11.8 Å². The molecule has 0 radical (unpaired) electrons. The van der Waals surface area contributed by atoms with Crippen LogP contribution in [0.25, 0.3) is 0 Å². The third-order valence-electron chi connectivity index (χ3n) is 1.94. The Morgan fingerprint density at radius 2 is 2.19 bits per heavy atom. The maximum atomic E-state index is 11.3. The monoisotopic (exact) mass is 260 g/mol. The first-order valence-electron chi connectivity index (χ1n) is 5.10. The summed E-state index contributed by atoms with van der Waals surface area (Å²) in [6.45, 7) is 3.69. The largest absolute Gasteiger partial charge is 0.267 e. The molecule has 4 nitrogen and oxygen atoms in total. The number of aromatic nitrogens is 1. The standard InChI is InChI=1S/C10H16N2O2S2/c1-3-15-8-9-5-6-11-10(7-9)12-16(13,14)4-2/h5-7H,3-4,8H2,1-2H3,(H,11,12). The molecule has 0 amide bonds. The van der Waals surface area contributed by atoms with Crippen LogP contribution in [0.2, 0.25) is 0 Å². The SMILES string of the molecule is CCSCc1ccnc(NS(=O)(=O)CC)c1. The van der Waals surface area contributed by atoms with Gasteiger partial charge < -0.3 is 0 Å².